The van der Waals surface area contributed by atoms with Crippen LogP contribution in [0.15, 0.2) is 24.3 Å². The summed E-state index contributed by atoms with van der Waals surface area (Å²) < 4.78 is 5.42. The summed E-state index contributed by atoms with van der Waals surface area (Å²) >= 11 is 5.78. The Morgan fingerprint density at radius 3 is 2.82 bits per heavy atom. The zero-order valence-electron chi connectivity index (χ0n) is 9.57. The molecule has 1 aliphatic heterocycles. The summed E-state index contributed by atoms with van der Waals surface area (Å²) in [6, 6.07) is 6.72. The normalized spacial score (nSPS) is 24.4. The van der Waals surface area contributed by atoms with Gasteiger partial charge in [0.1, 0.15) is 6.04 Å². The molecule has 4 nitrogen and oxygen atoms in total. The topological polar surface area (TPSA) is 50.4 Å². The molecule has 1 amide bonds. The zero-order valence-corrected chi connectivity index (χ0v) is 10.3. The Hall–Kier alpha value is -1.10. The van der Waals surface area contributed by atoms with Gasteiger partial charge in [0.2, 0.25) is 5.91 Å². The van der Waals surface area contributed by atoms with Crippen LogP contribution in [0, 0.1) is 0 Å². The molecule has 1 aliphatic rings. The predicted molar refractivity (Wildman–Crippen MR) is 67.3 cm³/mol. The molecule has 1 aromatic carbocycles. The number of benzene rings is 1. The number of carbonyl (C=O) groups excluding carboxylic acids is 1. The molecule has 1 heterocycles. The number of carbonyl (C=O) groups is 1. The van der Waals surface area contributed by atoms with E-state index in [9.17, 15) is 4.79 Å². The van der Waals surface area contributed by atoms with Gasteiger partial charge in [-0.15, -0.1) is 0 Å². The van der Waals surface area contributed by atoms with E-state index < -0.39 is 0 Å². The fourth-order valence-corrected chi connectivity index (χ4v) is 1.91. The molecule has 1 aromatic rings. The quantitative estimate of drug-likeness (QED) is 0.844. The van der Waals surface area contributed by atoms with Crippen LogP contribution in [-0.2, 0) is 9.53 Å². The summed E-state index contributed by atoms with van der Waals surface area (Å²) in [5.74, 6) is -0.0838. The van der Waals surface area contributed by atoms with Crippen LogP contribution in [0.1, 0.15) is 6.92 Å². The fourth-order valence-electron chi connectivity index (χ4n) is 1.78. The number of hydrogen-bond donors (Lipinski definition) is 2. The molecule has 0 radical (unpaired) electrons. The Bertz CT molecular complexity index is 394. The molecule has 0 aliphatic carbocycles. The highest BCUT2D eigenvalue weighted by atomic mass is 35.5. The van der Waals surface area contributed by atoms with E-state index in [1.165, 1.54) is 0 Å². The van der Waals surface area contributed by atoms with Crippen molar-refractivity contribution >= 4 is 23.2 Å². The molecule has 17 heavy (non-hydrogen) atoms. The van der Waals surface area contributed by atoms with E-state index in [-0.39, 0.29) is 18.1 Å². The molecule has 1 fully saturated rings. The lowest BCUT2D eigenvalue weighted by Gasteiger charge is -2.29. The molecule has 2 N–H and O–H groups in total. The molecule has 92 valence electrons. The molecule has 0 unspecified atom stereocenters. The lowest BCUT2D eigenvalue weighted by Crippen LogP contribution is -2.53. The average Bonchev–Trinajstić information content (AvgIpc) is 2.32. The number of morpholine rings is 1. The van der Waals surface area contributed by atoms with Crippen LogP contribution >= 0.6 is 11.6 Å². The van der Waals surface area contributed by atoms with Crippen molar-refractivity contribution in [3.05, 3.63) is 29.3 Å². The predicted octanol–water partition coefficient (Wildman–Crippen LogP) is 1.66. The maximum atomic E-state index is 12.0. The maximum Gasteiger partial charge on any atom is 0.244 e. The molecule has 0 aromatic heterocycles. The highest BCUT2D eigenvalue weighted by Gasteiger charge is 2.28. The van der Waals surface area contributed by atoms with Gasteiger partial charge in [0.15, 0.2) is 0 Å². The second kappa shape index (κ2) is 5.49. The molecule has 5 heteroatoms. The summed E-state index contributed by atoms with van der Waals surface area (Å²) in [5.41, 5.74) is 0.735. The monoisotopic (exact) mass is 254 g/mol. The standard InChI is InChI=1S/C12H15ClN2O2/c1-8-11(14-6-7-17-8)12(16)15-10-4-2-9(13)3-5-10/h2-5,8,11,14H,6-7H2,1H3,(H,15,16)/t8-,11+/m1/s1. The number of hydrogen-bond acceptors (Lipinski definition) is 3. The van der Waals surface area contributed by atoms with Gasteiger partial charge < -0.3 is 15.4 Å². The second-order valence-corrected chi connectivity index (χ2v) is 4.44. The molecular formula is C12H15ClN2O2. The van der Waals surface area contributed by atoms with E-state index in [4.69, 9.17) is 16.3 Å². The van der Waals surface area contributed by atoms with Crippen LogP contribution < -0.4 is 10.6 Å². The molecule has 2 rings (SSSR count). The van der Waals surface area contributed by atoms with Gasteiger partial charge in [0.25, 0.3) is 0 Å². The van der Waals surface area contributed by atoms with Crippen molar-refractivity contribution < 1.29 is 9.53 Å². The van der Waals surface area contributed by atoms with E-state index in [0.717, 1.165) is 5.69 Å². The maximum absolute atomic E-state index is 12.0. The van der Waals surface area contributed by atoms with E-state index in [2.05, 4.69) is 10.6 Å². The van der Waals surface area contributed by atoms with E-state index in [0.29, 0.717) is 18.2 Å². The second-order valence-electron chi connectivity index (χ2n) is 4.00. The summed E-state index contributed by atoms with van der Waals surface area (Å²) in [4.78, 5) is 12.0. The van der Waals surface area contributed by atoms with Gasteiger partial charge in [0.05, 0.1) is 12.7 Å². The third-order valence-corrected chi connectivity index (χ3v) is 2.96. The van der Waals surface area contributed by atoms with Crippen LogP contribution in [0.4, 0.5) is 5.69 Å². The van der Waals surface area contributed by atoms with Crippen molar-refractivity contribution in [1.82, 2.24) is 5.32 Å². The smallest absolute Gasteiger partial charge is 0.244 e. The summed E-state index contributed by atoms with van der Waals surface area (Å²) in [6.07, 6.45) is -0.115. The van der Waals surface area contributed by atoms with Gasteiger partial charge in [-0.1, -0.05) is 11.6 Å². The van der Waals surface area contributed by atoms with Crippen LogP contribution in [0.3, 0.4) is 0 Å². The zero-order chi connectivity index (χ0) is 12.3. The van der Waals surface area contributed by atoms with Crippen LogP contribution in [0.5, 0.6) is 0 Å². The highest BCUT2D eigenvalue weighted by Crippen LogP contribution is 2.14. The molecule has 1 saturated heterocycles. The van der Waals surface area contributed by atoms with Gasteiger partial charge >= 0.3 is 0 Å². The Labute approximate surface area is 105 Å². The van der Waals surface area contributed by atoms with Crippen molar-refractivity contribution in [3.63, 3.8) is 0 Å². The van der Waals surface area contributed by atoms with E-state index in [1.807, 2.05) is 6.92 Å². The van der Waals surface area contributed by atoms with Gasteiger partial charge in [0, 0.05) is 17.3 Å². The Balaban J connectivity index is 1.98. The first-order valence-electron chi connectivity index (χ1n) is 5.58. The SMILES string of the molecule is C[C@H]1OCCN[C@@H]1C(=O)Nc1ccc(Cl)cc1. The number of amides is 1. The van der Waals surface area contributed by atoms with Crippen LogP contribution in [0.25, 0.3) is 0 Å². The minimum absolute atomic E-state index is 0.0838. The first-order valence-corrected chi connectivity index (χ1v) is 5.96. The van der Waals surface area contributed by atoms with Crippen molar-refractivity contribution in [1.29, 1.82) is 0 Å². The average molecular weight is 255 g/mol. The lowest BCUT2D eigenvalue weighted by atomic mass is 10.1. The summed E-state index contributed by atoms with van der Waals surface area (Å²) in [6.45, 7) is 3.23. The Morgan fingerprint density at radius 1 is 1.47 bits per heavy atom. The van der Waals surface area contributed by atoms with Crippen molar-refractivity contribution in [2.75, 3.05) is 18.5 Å². The number of anilines is 1. The number of halogens is 1. The molecule has 0 saturated carbocycles. The fraction of sp³-hybridized carbons (Fsp3) is 0.417. The largest absolute Gasteiger partial charge is 0.375 e. The van der Waals surface area contributed by atoms with Crippen molar-refractivity contribution in [2.24, 2.45) is 0 Å². The van der Waals surface area contributed by atoms with E-state index in [1.54, 1.807) is 24.3 Å². The van der Waals surface area contributed by atoms with Gasteiger partial charge in [-0.3, -0.25) is 4.79 Å². The summed E-state index contributed by atoms with van der Waals surface area (Å²) in [5, 5.41) is 6.61. The third-order valence-electron chi connectivity index (χ3n) is 2.71. The third kappa shape index (κ3) is 3.19. The number of rotatable bonds is 2. The highest BCUT2D eigenvalue weighted by molar-refractivity contribution is 6.30. The minimum Gasteiger partial charge on any atom is -0.375 e. The molecule has 2 atom stereocenters. The Kier molecular flexibility index (Phi) is 3.99. The first-order chi connectivity index (χ1) is 8.16. The van der Waals surface area contributed by atoms with Gasteiger partial charge in [-0.2, -0.15) is 0 Å². The van der Waals surface area contributed by atoms with Crippen LogP contribution in [0.2, 0.25) is 5.02 Å². The lowest BCUT2D eigenvalue weighted by molar-refractivity contribution is -0.123. The van der Waals surface area contributed by atoms with Gasteiger partial charge in [-0.25, -0.2) is 0 Å². The van der Waals surface area contributed by atoms with Crippen molar-refractivity contribution in [3.8, 4) is 0 Å². The van der Waals surface area contributed by atoms with Crippen LogP contribution in [-0.4, -0.2) is 31.2 Å². The minimum atomic E-state index is -0.306. The number of nitrogens with one attached hydrogen (secondary N) is 2. The first kappa shape index (κ1) is 12.4. The van der Waals surface area contributed by atoms with Crippen molar-refractivity contribution in [2.45, 2.75) is 19.1 Å². The number of ether oxygens (including phenoxy) is 1. The molecule has 0 spiro atoms. The summed E-state index contributed by atoms with van der Waals surface area (Å²) in [7, 11) is 0. The molecular weight excluding hydrogens is 240 g/mol. The van der Waals surface area contributed by atoms with Gasteiger partial charge in [-0.05, 0) is 31.2 Å². The Morgan fingerprint density at radius 2 is 2.18 bits per heavy atom. The molecule has 0 bridgehead atoms. The van der Waals surface area contributed by atoms with E-state index >= 15 is 0 Å².